The first-order valence-corrected chi connectivity index (χ1v) is 9.41. The molecule has 4 aromatic rings. The number of benzene rings is 1. The lowest BCUT2D eigenvalue weighted by Gasteiger charge is -2.12. The summed E-state index contributed by atoms with van der Waals surface area (Å²) in [5.74, 6) is 0.523. The zero-order valence-electron chi connectivity index (χ0n) is 16.1. The summed E-state index contributed by atoms with van der Waals surface area (Å²) in [6.07, 6.45) is 6.51. The number of para-hydroxylation sites is 1. The van der Waals surface area contributed by atoms with E-state index in [1.54, 1.807) is 48.9 Å². The summed E-state index contributed by atoms with van der Waals surface area (Å²) in [5.41, 5.74) is 1.41. The second-order valence-corrected chi connectivity index (χ2v) is 6.55. The van der Waals surface area contributed by atoms with Crippen molar-refractivity contribution in [2.45, 2.75) is 19.6 Å². The Morgan fingerprint density at radius 2 is 1.83 bits per heavy atom. The van der Waals surface area contributed by atoms with Gasteiger partial charge in [0.05, 0.1) is 17.2 Å². The van der Waals surface area contributed by atoms with E-state index in [0.29, 0.717) is 29.1 Å². The highest BCUT2D eigenvalue weighted by Gasteiger charge is 2.11. The largest absolute Gasteiger partial charge is 0.485 e. The molecule has 0 aliphatic heterocycles. The third-order valence-electron chi connectivity index (χ3n) is 4.48. The maximum atomic E-state index is 12.5. The summed E-state index contributed by atoms with van der Waals surface area (Å²) in [4.78, 5) is 37.4. The van der Waals surface area contributed by atoms with E-state index >= 15 is 0 Å². The molecule has 0 radical (unpaired) electrons. The number of aryl methyl sites for hydroxylation is 1. The van der Waals surface area contributed by atoms with Gasteiger partial charge in [-0.1, -0.05) is 12.1 Å². The smallest absolute Gasteiger partial charge is 0.261 e. The second kappa shape index (κ2) is 8.95. The van der Waals surface area contributed by atoms with Crippen molar-refractivity contribution in [1.82, 2.24) is 19.5 Å². The molecule has 0 atom stereocenters. The summed E-state index contributed by atoms with van der Waals surface area (Å²) in [6.45, 7) is 0.539. The third kappa shape index (κ3) is 4.49. The minimum Gasteiger partial charge on any atom is -0.485 e. The zero-order valence-corrected chi connectivity index (χ0v) is 16.1. The number of amides is 1. The molecule has 30 heavy (non-hydrogen) atoms. The Bertz CT molecular complexity index is 1220. The highest BCUT2D eigenvalue weighted by atomic mass is 16.5. The SMILES string of the molecule is O=C(CCn1cnc2ccccc2c1=O)Nc1ncccc1OCc1ccncc1. The van der Waals surface area contributed by atoms with E-state index in [1.165, 1.54) is 10.9 Å². The zero-order chi connectivity index (χ0) is 20.8. The van der Waals surface area contributed by atoms with E-state index in [0.717, 1.165) is 5.56 Å². The van der Waals surface area contributed by atoms with Crippen LogP contribution >= 0.6 is 0 Å². The number of rotatable bonds is 7. The number of aromatic nitrogens is 4. The fourth-order valence-electron chi connectivity index (χ4n) is 2.92. The molecule has 8 nitrogen and oxygen atoms in total. The number of nitrogens with one attached hydrogen (secondary N) is 1. The number of anilines is 1. The molecule has 0 aliphatic rings. The van der Waals surface area contributed by atoms with Crippen molar-refractivity contribution >= 4 is 22.6 Å². The van der Waals surface area contributed by atoms with Crippen molar-refractivity contribution < 1.29 is 9.53 Å². The van der Waals surface area contributed by atoms with Crippen LogP contribution in [0, 0.1) is 0 Å². The molecule has 0 unspecified atom stereocenters. The van der Waals surface area contributed by atoms with Gasteiger partial charge < -0.3 is 10.1 Å². The number of fused-ring (bicyclic) bond motifs is 1. The molecule has 0 saturated heterocycles. The van der Waals surface area contributed by atoms with E-state index in [-0.39, 0.29) is 24.4 Å². The lowest BCUT2D eigenvalue weighted by atomic mass is 10.2. The molecule has 0 bridgehead atoms. The van der Waals surface area contributed by atoms with Crippen LogP contribution < -0.4 is 15.6 Å². The molecule has 150 valence electrons. The molecular weight excluding hydrogens is 382 g/mol. The third-order valence-corrected chi connectivity index (χ3v) is 4.48. The molecule has 0 saturated carbocycles. The Morgan fingerprint density at radius 3 is 2.70 bits per heavy atom. The van der Waals surface area contributed by atoms with Crippen molar-refractivity contribution in [1.29, 1.82) is 0 Å². The maximum Gasteiger partial charge on any atom is 0.261 e. The Morgan fingerprint density at radius 1 is 1.00 bits per heavy atom. The molecule has 3 aromatic heterocycles. The highest BCUT2D eigenvalue weighted by Crippen LogP contribution is 2.22. The van der Waals surface area contributed by atoms with E-state index in [9.17, 15) is 9.59 Å². The van der Waals surface area contributed by atoms with Gasteiger partial charge in [-0.25, -0.2) is 9.97 Å². The molecule has 3 heterocycles. The Balaban J connectivity index is 1.40. The lowest BCUT2D eigenvalue weighted by molar-refractivity contribution is -0.116. The number of carbonyl (C=O) groups is 1. The van der Waals surface area contributed by atoms with Gasteiger partial charge in [0.2, 0.25) is 5.91 Å². The van der Waals surface area contributed by atoms with Crippen molar-refractivity contribution in [3.63, 3.8) is 0 Å². The van der Waals surface area contributed by atoms with Crippen LogP contribution in [0.2, 0.25) is 0 Å². The number of nitrogens with zero attached hydrogens (tertiary/aromatic N) is 4. The van der Waals surface area contributed by atoms with Crippen molar-refractivity contribution in [3.8, 4) is 5.75 Å². The van der Waals surface area contributed by atoms with Crippen LogP contribution in [-0.2, 0) is 17.9 Å². The van der Waals surface area contributed by atoms with Gasteiger partial charge in [-0.3, -0.25) is 19.1 Å². The first-order valence-electron chi connectivity index (χ1n) is 9.41. The lowest BCUT2D eigenvalue weighted by Crippen LogP contribution is -2.24. The molecule has 1 amide bonds. The van der Waals surface area contributed by atoms with Gasteiger partial charge in [-0.05, 0) is 42.0 Å². The average molecular weight is 401 g/mol. The number of hydrogen-bond donors (Lipinski definition) is 1. The van der Waals surface area contributed by atoms with Gasteiger partial charge in [0, 0.05) is 31.6 Å². The van der Waals surface area contributed by atoms with E-state index in [1.807, 2.05) is 18.2 Å². The topological polar surface area (TPSA) is 99.0 Å². The number of hydrogen-bond acceptors (Lipinski definition) is 6. The summed E-state index contributed by atoms with van der Waals surface area (Å²) in [5, 5.41) is 3.28. The molecule has 8 heteroatoms. The summed E-state index contributed by atoms with van der Waals surface area (Å²) in [7, 11) is 0. The molecular formula is C22H19N5O3. The van der Waals surface area contributed by atoms with Crippen molar-refractivity contribution in [2.24, 2.45) is 0 Å². The summed E-state index contributed by atoms with van der Waals surface area (Å²) in [6, 6.07) is 14.3. The Kier molecular flexibility index (Phi) is 5.75. The van der Waals surface area contributed by atoms with Crippen LogP contribution in [0.25, 0.3) is 10.9 Å². The van der Waals surface area contributed by atoms with Gasteiger partial charge >= 0.3 is 0 Å². The minimum atomic E-state index is -0.275. The van der Waals surface area contributed by atoms with Gasteiger partial charge in [0.1, 0.15) is 6.61 Å². The van der Waals surface area contributed by atoms with Gasteiger partial charge in [0.25, 0.3) is 5.56 Å². The molecule has 1 aromatic carbocycles. The molecule has 0 fully saturated rings. The van der Waals surface area contributed by atoms with Crippen LogP contribution in [-0.4, -0.2) is 25.4 Å². The van der Waals surface area contributed by atoms with Crippen LogP contribution in [0.15, 0.2) is 78.2 Å². The maximum absolute atomic E-state index is 12.5. The predicted molar refractivity (Wildman–Crippen MR) is 112 cm³/mol. The molecule has 4 rings (SSSR count). The Labute approximate surface area is 172 Å². The molecule has 0 aliphatic carbocycles. The monoisotopic (exact) mass is 401 g/mol. The van der Waals surface area contributed by atoms with Crippen LogP contribution in [0.5, 0.6) is 5.75 Å². The standard InChI is InChI=1S/C22H19N5O3/c28-20(9-13-27-15-25-18-5-2-1-4-17(18)22(27)29)26-21-19(6-3-10-24-21)30-14-16-7-11-23-12-8-16/h1-8,10-12,15H,9,13-14H2,(H,24,26,28). The van der Waals surface area contributed by atoms with Crippen molar-refractivity contribution in [2.75, 3.05) is 5.32 Å². The fraction of sp³-hybridized carbons (Fsp3) is 0.136. The highest BCUT2D eigenvalue weighted by molar-refractivity contribution is 5.91. The van der Waals surface area contributed by atoms with Gasteiger partial charge in [0.15, 0.2) is 11.6 Å². The van der Waals surface area contributed by atoms with Crippen LogP contribution in [0.4, 0.5) is 5.82 Å². The second-order valence-electron chi connectivity index (χ2n) is 6.55. The minimum absolute atomic E-state index is 0.0975. The quantitative estimate of drug-likeness (QED) is 0.511. The van der Waals surface area contributed by atoms with Gasteiger partial charge in [-0.2, -0.15) is 0 Å². The van der Waals surface area contributed by atoms with Crippen LogP contribution in [0.1, 0.15) is 12.0 Å². The number of carbonyl (C=O) groups excluding carboxylic acids is 1. The fourth-order valence-corrected chi connectivity index (χ4v) is 2.92. The van der Waals surface area contributed by atoms with E-state index in [2.05, 4.69) is 20.3 Å². The number of ether oxygens (including phenoxy) is 1. The Hall–Kier alpha value is -4.07. The first-order chi connectivity index (χ1) is 14.7. The van der Waals surface area contributed by atoms with E-state index < -0.39 is 0 Å². The molecule has 1 N–H and O–H groups in total. The molecule has 0 spiro atoms. The van der Waals surface area contributed by atoms with Gasteiger partial charge in [-0.15, -0.1) is 0 Å². The predicted octanol–water partition coefficient (Wildman–Crippen LogP) is 2.79. The first kappa shape index (κ1) is 19.3. The average Bonchev–Trinajstić information content (AvgIpc) is 2.79. The van der Waals surface area contributed by atoms with E-state index in [4.69, 9.17) is 4.74 Å². The summed E-state index contributed by atoms with van der Waals surface area (Å²) >= 11 is 0. The van der Waals surface area contributed by atoms with Crippen molar-refractivity contribution in [3.05, 3.63) is 89.4 Å². The van der Waals surface area contributed by atoms with Crippen LogP contribution in [0.3, 0.4) is 0 Å². The summed E-state index contributed by atoms with van der Waals surface area (Å²) < 4.78 is 7.22. The number of pyridine rings is 2. The normalized spacial score (nSPS) is 10.7.